The minimum Gasteiger partial charge on any atom is -0.497 e. The van der Waals surface area contributed by atoms with E-state index >= 15 is 0 Å². The zero-order valence-corrected chi connectivity index (χ0v) is 21.3. The van der Waals surface area contributed by atoms with Gasteiger partial charge < -0.3 is 14.8 Å². The number of para-hydroxylation sites is 2. The summed E-state index contributed by atoms with van der Waals surface area (Å²) in [4.78, 5) is 12.7. The van der Waals surface area contributed by atoms with Crippen molar-refractivity contribution >= 4 is 46.6 Å². The number of carbonyl (C=O) groups excluding carboxylic acids is 1. The van der Waals surface area contributed by atoms with Crippen LogP contribution < -0.4 is 14.8 Å². The van der Waals surface area contributed by atoms with Gasteiger partial charge in [0.05, 0.1) is 40.9 Å². The van der Waals surface area contributed by atoms with Crippen LogP contribution in [0.1, 0.15) is 6.92 Å². The van der Waals surface area contributed by atoms with Crippen LogP contribution in [-0.2, 0) is 4.79 Å². The molecule has 0 aliphatic heterocycles. The minimum absolute atomic E-state index is 0.114. The summed E-state index contributed by atoms with van der Waals surface area (Å²) in [5.41, 5.74) is 2.16. The van der Waals surface area contributed by atoms with E-state index in [9.17, 15) is 4.79 Å². The SMILES string of the molecule is CCOc1ccccc1NC(=O)CSc1nnc(-c2ccc(OC)cc2)n1-c1ccc(Cl)c(Cl)c1. The van der Waals surface area contributed by atoms with Crippen LogP contribution >= 0.6 is 35.0 Å². The minimum atomic E-state index is -0.197. The van der Waals surface area contributed by atoms with Crippen molar-refractivity contribution in [3.8, 4) is 28.6 Å². The van der Waals surface area contributed by atoms with Gasteiger partial charge >= 0.3 is 0 Å². The molecule has 3 aromatic carbocycles. The Kier molecular flexibility index (Phi) is 8.17. The molecule has 35 heavy (non-hydrogen) atoms. The number of ether oxygens (including phenoxy) is 2. The highest BCUT2D eigenvalue weighted by molar-refractivity contribution is 7.99. The Morgan fingerprint density at radius 3 is 2.51 bits per heavy atom. The Labute approximate surface area is 217 Å². The van der Waals surface area contributed by atoms with Crippen LogP contribution in [-0.4, -0.2) is 40.1 Å². The van der Waals surface area contributed by atoms with Gasteiger partial charge in [0, 0.05) is 5.56 Å². The molecule has 1 N–H and O–H groups in total. The Morgan fingerprint density at radius 2 is 1.80 bits per heavy atom. The van der Waals surface area contributed by atoms with Gasteiger partial charge in [0.15, 0.2) is 11.0 Å². The third-order valence-corrected chi connectivity index (χ3v) is 6.60. The van der Waals surface area contributed by atoms with E-state index in [2.05, 4.69) is 15.5 Å². The molecule has 0 aliphatic rings. The second-order valence-corrected chi connectivity index (χ2v) is 8.99. The topological polar surface area (TPSA) is 78.3 Å². The molecule has 0 spiro atoms. The highest BCUT2D eigenvalue weighted by Gasteiger charge is 2.19. The Bertz CT molecular complexity index is 1330. The molecule has 180 valence electrons. The molecule has 0 radical (unpaired) electrons. The standard InChI is InChI=1S/C25H22Cl2N4O3S/c1-3-34-22-7-5-4-6-21(22)28-23(32)15-35-25-30-29-24(16-8-11-18(33-2)12-9-16)31(25)17-10-13-19(26)20(27)14-17/h4-14H,3,15H2,1-2H3,(H,28,32). The van der Waals surface area contributed by atoms with Gasteiger partial charge in [0.1, 0.15) is 11.5 Å². The lowest BCUT2D eigenvalue weighted by Crippen LogP contribution is -2.15. The predicted octanol–water partition coefficient (Wildman–Crippen LogP) is 6.38. The maximum absolute atomic E-state index is 12.7. The van der Waals surface area contributed by atoms with Crippen LogP contribution in [0.5, 0.6) is 11.5 Å². The molecule has 7 nitrogen and oxygen atoms in total. The highest BCUT2D eigenvalue weighted by Crippen LogP contribution is 2.32. The quantitative estimate of drug-likeness (QED) is 0.254. The number of rotatable bonds is 9. The summed E-state index contributed by atoms with van der Waals surface area (Å²) < 4.78 is 12.7. The largest absolute Gasteiger partial charge is 0.497 e. The summed E-state index contributed by atoms with van der Waals surface area (Å²) in [6.45, 7) is 2.40. The van der Waals surface area contributed by atoms with Crippen LogP contribution in [0.4, 0.5) is 5.69 Å². The van der Waals surface area contributed by atoms with Gasteiger partial charge in [-0.15, -0.1) is 10.2 Å². The molecule has 4 aromatic rings. The first-order valence-corrected chi connectivity index (χ1v) is 12.4. The summed E-state index contributed by atoms with van der Waals surface area (Å²) in [5.74, 6) is 1.86. The molecule has 0 saturated heterocycles. The lowest BCUT2D eigenvalue weighted by Gasteiger charge is -2.13. The first kappa shape index (κ1) is 24.9. The molecule has 4 rings (SSSR count). The van der Waals surface area contributed by atoms with Gasteiger partial charge in [0.25, 0.3) is 0 Å². The number of anilines is 1. The average Bonchev–Trinajstić information content (AvgIpc) is 3.30. The number of benzene rings is 3. The molecular formula is C25H22Cl2N4O3S. The normalized spacial score (nSPS) is 10.7. The average molecular weight is 529 g/mol. The molecule has 0 unspecified atom stereocenters. The molecule has 1 amide bonds. The summed E-state index contributed by atoms with van der Waals surface area (Å²) >= 11 is 13.7. The highest BCUT2D eigenvalue weighted by atomic mass is 35.5. The van der Waals surface area contributed by atoms with Crippen molar-refractivity contribution in [2.45, 2.75) is 12.1 Å². The summed E-state index contributed by atoms with van der Waals surface area (Å²) in [7, 11) is 1.61. The van der Waals surface area contributed by atoms with Crippen molar-refractivity contribution in [1.82, 2.24) is 14.8 Å². The van der Waals surface area contributed by atoms with E-state index in [4.69, 9.17) is 32.7 Å². The number of halogens is 2. The van der Waals surface area contributed by atoms with Crippen LogP contribution in [0.3, 0.4) is 0 Å². The third kappa shape index (κ3) is 5.90. The van der Waals surface area contributed by atoms with Crippen LogP contribution in [0.25, 0.3) is 17.1 Å². The van der Waals surface area contributed by atoms with E-state index in [0.29, 0.717) is 39.1 Å². The molecule has 0 bridgehead atoms. The number of carbonyl (C=O) groups is 1. The molecule has 0 saturated carbocycles. The van der Waals surface area contributed by atoms with E-state index in [1.54, 1.807) is 25.3 Å². The number of amides is 1. The molecular weight excluding hydrogens is 507 g/mol. The van der Waals surface area contributed by atoms with Gasteiger partial charge in [-0.3, -0.25) is 9.36 Å². The van der Waals surface area contributed by atoms with Gasteiger partial charge in [-0.05, 0) is 61.5 Å². The second kappa shape index (κ2) is 11.5. The van der Waals surface area contributed by atoms with Crippen molar-refractivity contribution < 1.29 is 14.3 Å². The first-order valence-electron chi connectivity index (χ1n) is 10.7. The Morgan fingerprint density at radius 1 is 1.03 bits per heavy atom. The van der Waals surface area contributed by atoms with Crippen molar-refractivity contribution in [1.29, 1.82) is 0 Å². The molecule has 10 heteroatoms. The zero-order valence-electron chi connectivity index (χ0n) is 19.0. The maximum atomic E-state index is 12.7. The summed E-state index contributed by atoms with van der Waals surface area (Å²) in [5, 5.41) is 13.0. The fourth-order valence-corrected chi connectivity index (χ4v) is 4.36. The van der Waals surface area contributed by atoms with Gasteiger partial charge in [-0.2, -0.15) is 0 Å². The fourth-order valence-electron chi connectivity index (χ4n) is 3.32. The predicted molar refractivity (Wildman–Crippen MR) is 140 cm³/mol. The van der Waals surface area contributed by atoms with Gasteiger partial charge in [0.2, 0.25) is 5.91 Å². The maximum Gasteiger partial charge on any atom is 0.234 e. The van der Waals surface area contributed by atoms with Crippen LogP contribution in [0.2, 0.25) is 10.0 Å². The van der Waals surface area contributed by atoms with Crippen molar-refractivity contribution in [3.63, 3.8) is 0 Å². The van der Waals surface area contributed by atoms with E-state index < -0.39 is 0 Å². The molecule has 0 atom stereocenters. The Balaban J connectivity index is 1.61. The first-order chi connectivity index (χ1) is 17.0. The van der Waals surface area contributed by atoms with E-state index in [1.165, 1.54) is 11.8 Å². The Hall–Kier alpha value is -3.20. The number of hydrogen-bond donors (Lipinski definition) is 1. The second-order valence-electron chi connectivity index (χ2n) is 7.23. The van der Waals surface area contributed by atoms with Gasteiger partial charge in [-0.25, -0.2) is 0 Å². The molecule has 0 aliphatic carbocycles. The summed E-state index contributed by atoms with van der Waals surface area (Å²) in [6.07, 6.45) is 0. The number of aromatic nitrogens is 3. The number of nitrogens with one attached hydrogen (secondary N) is 1. The lowest BCUT2D eigenvalue weighted by molar-refractivity contribution is -0.113. The lowest BCUT2D eigenvalue weighted by atomic mass is 10.2. The molecule has 0 fully saturated rings. The van der Waals surface area contributed by atoms with Crippen LogP contribution in [0, 0.1) is 0 Å². The molecule has 1 heterocycles. The van der Waals surface area contributed by atoms with E-state index in [-0.39, 0.29) is 11.7 Å². The third-order valence-electron chi connectivity index (χ3n) is 4.94. The van der Waals surface area contributed by atoms with E-state index in [0.717, 1.165) is 17.0 Å². The number of nitrogens with zero attached hydrogens (tertiary/aromatic N) is 3. The van der Waals surface area contributed by atoms with Crippen LogP contribution in [0.15, 0.2) is 71.9 Å². The number of hydrogen-bond acceptors (Lipinski definition) is 6. The zero-order chi connectivity index (χ0) is 24.8. The van der Waals surface area contributed by atoms with Crippen molar-refractivity contribution in [3.05, 3.63) is 76.8 Å². The van der Waals surface area contributed by atoms with Crippen molar-refractivity contribution in [2.75, 3.05) is 24.8 Å². The molecule has 1 aromatic heterocycles. The van der Waals surface area contributed by atoms with Crippen molar-refractivity contribution in [2.24, 2.45) is 0 Å². The smallest absolute Gasteiger partial charge is 0.234 e. The monoisotopic (exact) mass is 528 g/mol. The number of thioether (sulfide) groups is 1. The van der Waals surface area contributed by atoms with Gasteiger partial charge in [-0.1, -0.05) is 47.1 Å². The van der Waals surface area contributed by atoms with E-state index in [1.807, 2.05) is 60.0 Å². The number of methoxy groups -OCH3 is 1. The summed E-state index contributed by atoms with van der Waals surface area (Å²) in [6, 6.07) is 20.1. The fraction of sp³-hybridized carbons (Fsp3) is 0.160.